The van der Waals surface area contributed by atoms with Gasteiger partial charge in [0.25, 0.3) is 0 Å². The molecule has 2 N–H and O–H groups in total. The zero-order valence-corrected chi connectivity index (χ0v) is 17.3. The van der Waals surface area contributed by atoms with E-state index in [0.717, 1.165) is 49.7 Å². The molecule has 0 bridgehead atoms. The minimum absolute atomic E-state index is 0.00676. The van der Waals surface area contributed by atoms with Gasteiger partial charge in [-0.25, -0.2) is 0 Å². The summed E-state index contributed by atoms with van der Waals surface area (Å²) in [5.41, 5.74) is 1.40. The number of unbranched alkanes of at least 4 members (excludes halogenated alkanes) is 1. The third-order valence-corrected chi connectivity index (χ3v) is 6.88. The molecule has 2 aliphatic rings. The number of aliphatic hydroxyl groups is 2. The van der Waals surface area contributed by atoms with E-state index in [2.05, 4.69) is 16.9 Å². The number of carbonyl (C=O) groups is 1. The first-order valence-corrected chi connectivity index (χ1v) is 10.7. The number of alkyl halides is 1. The average Bonchev–Trinajstić information content (AvgIpc) is 2.95. The van der Waals surface area contributed by atoms with Crippen LogP contribution in [0.4, 0.5) is 0 Å². The molecule has 0 radical (unpaired) electrons. The molecule has 0 amide bonds. The normalized spacial score (nSPS) is 29.0. The second kappa shape index (κ2) is 9.43. The maximum absolute atomic E-state index is 11.1. The van der Waals surface area contributed by atoms with Crippen LogP contribution in [0.15, 0.2) is 36.4 Å². The van der Waals surface area contributed by atoms with Gasteiger partial charge in [-0.3, -0.25) is 4.79 Å². The molecule has 28 heavy (non-hydrogen) atoms. The van der Waals surface area contributed by atoms with E-state index in [0.29, 0.717) is 12.8 Å². The highest BCUT2D eigenvalue weighted by Crippen LogP contribution is 2.46. The van der Waals surface area contributed by atoms with E-state index in [9.17, 15) is 15.0 Å². The Morgan fingerprint density at radius 3 is 2.61 bits per heavy atom. The van der Waals surface area contributed by atoms with E-state index in [4.69, 9.17) is 11.6 Å². The van der Waals surface area contributed by atoms with Crippen molar-refractivity contribution in [1.29, 1.82) is 0 Å². The summed E-state index contributed by atoms with van der Waals surface area (Å²) in [6.45, 7) is 0. The van der Waals surface area contributed by atoms with Gasteiger partial charge in [-0.2, -0.15) is 0 Å². The molecule has 1 aromatic carbocycles. The predicted octanol–water partition coefficient (Wildman–Crippen LogP) is 4.42. The van der Waals surface area contributed by atoms with E-state index in [-0.39, 0.29) is 23.2 Å². The van der Waals surface area contributed by atoms with Gasteiger partial charge in [-0.05, 0) is 62.0 Å². The summed E-state index contributed by atoms with van der Waals surface area (Å²) in [5.74, 6) is 0.00155. The minimum Gasteiger partial charge on any atom is -0.469 e. The van der Waals surface area contributed by atoms with Crippen LogP contribution in [-0.4, -0.2) is 34.8 Å². The van der Waals surface area contributed by atoms with Crippen LogP contribution in [-0.2, 0) is 15.1 Å². The smallest absolute Gasteiger partial charge is 0.305 e. The Balaban J connectivity index is 1.60. The summed E-state index contributed by atoms with van der Waals surface area (Å²) in [6.07, 6.45) is 9.92. The van der Waals surface area contributed by atoms with Gasteiger partial charge in [-0.1, -0.05) is 36.4 Å². The summed E-state index contributed by atoms with van der Waals surface area (Å²) in [4.78, 5) is 11.1. The van der Waals surface area contributed by atoms with Crippen LogP contribution in [0.25, 0.3) is 0 Å². The standard InChI is InChI=1S/C23H31ClO4/c1-28-21(26)8-5-3-2-4-7-18-19(24)15-20(25)22(18)16-9-11-17(12-10-16)23(27)13-6-14-23/h2,4,9-12,18-20,22,25,27H,3,5-8,13-15H2,1H3/b4-2-/t18-,19-,20+,22+/m0/s1. The topological polar surface area (TPSA) is 66.8 Å². The maximum atomic E-state index is 11.1. The van der Waals surface area contributed by atoms with Crippen LogP contribution < -0.4 is 0 Å². The van der Waals surface area contributed by atoms with E-state index in [1.807, 2.05) is 24.3 Å². The van der Waals surface area contributed by atoms with Crippen LogP contribution in [0.3, 0.4) is 0 Å². The third-order valence-electron chi connectivity index (χ3n) is 6.37. The highest BCUT2D eigenvalue weighted by molar-refractivity contribution is 6.21. The van der Waals surface area contributed by atoms with Crippen molar-refractivity contribution >= 4 is 17.6 Å². The molecule has 0 aromatic heterocycles. The third kappa shape index (κ3) is 4.79. The molecule has 4 atom stereocenters. The lowest BCUT2D eigenvalue weighted by molar-refractivity contribution is -0.140. The number of allylic oxidation sites excluding steroid dienone is 2. The molecule has 5 heteroatoms. The average molecular weight is 407 g/mol. The number of ether oxygens (including phenoxy) is 1. The monoisotopic (exact) mass is 406 g/mol. The number of carbonyl (C=O) groups excluding carboxylic acids is 1. The maximum Gasteiger partial charge on any atom is 0.305 e. The molecule has 1 aromatic rings. The molecule has 0 spiro atoms. The number of hydrogen-bond donors (Lipinski definition) is 2. The Kier molecular flexibility index (Phi) is 7.19. The van der Waals surface area contributed by atoms with Gasteiger partial charge in [0.1, 0.15) is 0 Å². The van der Waals surface area contributed by atoms with Crippen LogP contribution in [0.1, 0.15) is 68.4 Å². The quantitative estimate of drug-likeness (QED) is 0.290. The fourth-order valence-electron chi connectivity index (χ4n) is 4.48. The van der Waals surface area contributed by atoms with Crippen molar-refractivity contribution in [3.8, 4) is 0 Å². The van der Waals surface area contributed by atoms with Crippen LogP contribution in [0, 0.1) is 5.92 Å². The van der Waals surface area contributed by atoms with E-state index < -0.39 is 11.7 Å². The Labute approximate surface area is 172 Å². The second-order valence-corrected chi connectivity index (χ2v) is 8.75. The molecule has 0 unspecified atom stereocenters. The number of esters is 1. The summed E-state index contributed by atoms with van der Waals surface area (Å²) in [7, 11) is 1.41. The van der Waals surface area contributed by atoms with Crippen molar-refractivity contribution in [3.05, 3.63) is 47.5 Å². The van der Waals surface area contributed by atoms with Gasteiger partial charge in [-0.15, -0.1) is 11.6 Å². The number of aliphatic hydroxyl groups excluding tert-OH is 1. The molecule has 3 rings (SSSR count). The van der Waals surface area contributed by atoms with Gasteiger partial charge in [0, 0.05) is 17.7 Å². The Bertz CT molecular complexity index is 680. The SMILES string of the molecule is COC(=O)CCC/C=C\C[C@@H]1[C@@H](c2ccc(C3(O)CCC3)cc2)[C@H](O)C[C@@H]1Cl. The summed E-state index contributed by atoms with van der Waals surface area (Å²) in [5, 5.41) is 21.0. The first-order valence-electron chi connectivity index (χ1n) is 10.3. The number of hydrogen-bond acceptors (Lipinski definition) is 4. The number of benzene rings is 1. The van der Waals surface area contributed by atoms with Crippen molar-refractivity contribution in [1.82, 2.24) is 0 Å². The zero-order chi connectivity index (χ0) is 20.1. The molecule has 154 valence electrons. The molecular formula is C23H31ClO4. The molecule has 2 fully saturated rings. The fraction of sp³-hybridized carbons (Fsp3) is 0.609. The first-order chi connectivity index (χ1) is 13.4. The Hall–Kier alpha value is -1.36. The predicted molar refractivity (Wildman–Crippen MR) is 110 cm³/mol. The van der Waals surface area contributed by atoms with Crippen molar-refractivity contribution in [2.75, 3.05) is 7.11 Å². The lowest BCUT2D eigenvalue weighted by atomic mass is 9.74. The largest absolute Gasteiger partial charge is 0.469 e. The zero-order valence-electron chi connectivity index (χ0n) is 16.5. The Morgan fingerprint density at radius 2 is 2.00 bits per heavy atom. The van der Waals surface area contributed by atoms with E-state index in [1.54, 1.807) is 0 Å². The molecule has 0 saturated heterocycles. The molecule has 0 heterocycles. The summed E-state index contributed by atoms with van der Waals surface area (Å²) < 4.78 is 4.64. The number of rotatable bonds is 8. The minimum atomic E-state index is -0.659. The van der Waals surface area contributed by atoms with Crippen LogP contribution in [0.5, 0.6) is 0 Å². The molecule has 4 nitrogen and oxygen atoms in total. The van der Waals surface area contributed by atoms with E-state index in [1.165, 1.54) is 7.11 Å². The molecular weight excluding hydrogens is 376 g/mol. The second-order valence-electron chi connectivity index (χ2n) is 8.19. The van der Waals surface area contributed by atoms with Gasteiger partial charge in [0.15, 0.2) is 0 Å². The highest BCUT2D eigenvalue weighted by Gasteiger charge is 2.42. The van der Waals surface area contributed by atoms with Crippen LogP contribution in [0.2, 0.25) is 0 Å². The lowest BCUT2D eigenvalue weighted by Gasteiger charge is -2.37. The lowest BCUT2D eigenvalue weighted by Crippen LogP contribution is -2.33. The fourth-order valence-corrected chi connectivity index (χ4v) is 4.92. The number of halogens is 1. The Morgan fingerprint density at radius 1 is 1.29 bits per heavy atom. The first kappa shape index (κ1) is 21.4. The summed E-state index contributed by atoms with van der Waals surface area (Å²) in [6, 6.07) is 8.09. The molecule has 0 aliphatic heterocycles. The van der Waals surface area contributed by atoms with Crippen LogP contribution >= 0.6 is 11.6 Å². The van der Waals surface area contributed by atoms with Crippen molar-refractivity contribution in [2.24, 2.45) is 5.92 Å². The number of methoxy groups -OCH3 is 1. The van der Waals surface area contributed by atoms with Crippen molar-refractivity contribution in [2.45, 2.75) is 74.4 Å². The highest BCUT2D eigenvalue weighted by atomic mass is 35.5. The van der Waals surface area contributed by atoms with Gasteiger partial charge < -0.3 is 14.9 Å². The van der Waals surface area contributed by atoms with Gasteiger partial charge in [0.2, 0.25) is 0 Å². The molecule has 2 saturated carbocycles. The van der Waals surface area contributed by atoms with E-state index >= 15 is 0 Å². The van der Waals surface area contributed by atoms with Gasteiger partial charge in [0.05, 0.1) is 18.8 Å². The van der Waals surface area contributed by atoms with Crippen molar-refractivity contribution in [3.63, 3.8) is 0 Å². The molecule has 2 aliphatic carbocycles. The van der Waals surface area contributed by atoms with Crippen molar-refractivity contribution < 1.29 is 19.7 Å². The van der Waals surface area contributed by atoms with Gasteiger partial charge >= 0.3 is 5.97 Å². The summed E-state index contributed by atoms with van der Waals surface area (Å²) >= 11 is 6.56.